The molecule has 1 aromatic carbocycles. The van der Waals surface area contributed by atoms with E-state index in [-0.39, 0.29) is 12.3 Å². The molecule has 0 unspecified atom stereocenters. The molecule has 0 radical (unpaired) electrons. The van der Waals surface area contributed by atoms with Crippen molar-refractivity contribution in [1.82, 2.24) is 0 Å². The fourth-order valence-electron chi connectivity index (χ4n) is 2.45. The predicted octanol–water partition coefficient (Wildman–Crippen LogP) is 1.62. The van der Waals surface area contributed by atoms with Crippen molar-refractivity contribution in [3.63, 3.8) is 0 Å². The van der Waals surface area contributed by atoms with Crippen LogP contribution >= 0.6 is 0 Å². The molecule has 0 aromatic heterocycles. The van der Waals surface area contributed by atoms with E-state index in [1.165, 1.54) is 0 Å². The Hall–Kier alpha value is -1.39. The third kappa shape index (κ3) is 1.94. The van der Waals surface area contributed by atoms with Crippen molar-refractivity contribution < 1.29 is 14.3 Å². The zero-order valence-electron chi connectivity index (χ0n) is 9.79. The molecule has 0 bridgehead atoms. The molecular formula is C13H15NO3. The highest BCUT2D eigenvalue weighted by molar-refractivity contribution is 5.93. The topological polar surface area (TPSA) is 47.6 Å². The fraction of sp³-hybridized carbons (Fsp3) is 0.462. The van der Waals surface area contributed by atoms with E-state index in [1.807, 2.05) is 25.1 Å². The lowest BCUT2D eigenvalue weighted by Crippen LogP contribution is -2.35. The summed E-state index contributed by atoms with van der Waals surface area (Å²) in [6.45, 7) is 3.14. The summed E-state index contributed by atoms with van der Waals surface area (Å²) in [6.07, 6.45) is 0.891. The summed E-state index contributed by atoms with van der Waals surface area (Å²) in [5.74, 6) is -0.791. The number of carbonyl (C=O) groups is 1. The van der Waals surface area contributed by atoms with Gasteiger partial charge in [-0.3, -0.25) is 4.79 Å². The van der Waals surface area contributed by atoms with Gasteiger partial charge in [0, 0.05) is 12.1 Å². The van der Waals surface area contributed by atoms with Crippen molar-refractivity contribution in [2.45, 2.75) is 25.6 Å². The highest BCUT2D eigenvalue weighted by Gasteiger charge is 2.41. The van der Waals surface area contributed by atoms with Gasteiger partial charge in [0.1, 0.15) is 0 Å². The number of hydrogen-bond acceptors (Lipinski definition) is 3. The summed E-state index contributed by atoms with van der Waals surface area (Å²) >= 11 is 0. The van der Waals surface area contributed by atoms with Crippen molar-refractivity contribution in [3.05, 3.63) is 29.3 Å². The highest BCUT2D eigenvalue weighted by atomic mass is 16.7. The summed E-state index contributed by atoms with van der Waals surface area (Å²) in [4.78, 5) is 11.8. The van der Waals surface area contributed by atoms with E-state index < -0.39 is 5.79 Å². The van der Waals surface area contributed by atoms with Gasteiger partial charge in [0.15, 0.2) is 5.79 Å². The SMILES string of the molecule is Cc1ccc2c(c1)NC(=O)CC1(C2)OCCO1. The lowest BCUT2D eigenvalue weighted by atomic mass is 10.0. The Morgan fingerprint density at radius 3 is 2.76 bits per heavy atom. The molecule has 0 aliphatic carbocycles. The minimum Gasteiger partial charge on any atom is -0.347 e. The first-order valence-electron chi connectivity index (χ1n) is 5.84. The molecule has 1 amide bonds. The third-order valence-corrected chi connectivity index (χ3v) is 3.24. The molecule has 4 heteroatoms. The van der Waals surface area contributed by atoms with Crippen LogP contribution in [0.25, 0.3) is 0 Å². The van der Waals surface area contributed by atoms with Crippen LogP contribution in [0, 0.1) is 6.92 Å². The average Bonchev–Trinajstić information content (AvgIpc) is 2.64. The van der Waals surface area contributed by atoms with Crippen LogP contribution in [-0.4, -0.2) is 24.9 Å². The second-order valence-corrected chi connectivity index (χ2v) is 4.67. The number of rotatable bonds is 0. The van der Waals surface area contributed by atoms with Gasteiger partial charge in [-0.25, -0.2) is 0 Å². The first kappa shape index (κ1) is 10.7. The van der Waals surface area contributed by atoms with Crippen LogP contribution < -0.4 is 5.32 Å². The maximum Gasteiger partial charge on any atom is 0.229 e. The minimum atomic E-state index is -0.745. The Kier molecular flexibility index (Phi) is 2.42. The molecule has 2 aliphatic heterocycles. The van der Waals surface area contributed by atoms with E-state index in [9.17, 15) is 4.79 Å². The van der Waals surface area contributed by atoms with Crippen molar-refractivity contribution in [2.75, 3.05) is 18.5 Å². The summed E-state index contributed by atoms with van der Waals surface area (Å²) in [6, 6.07) is 6.06. The monoisotopic (exact) mass is 233 g/mol. The van der Waals surface area contributed by atoms with Crippen molar-refractivity contribution in [1.29, 1.82) is 0 Å². The highest BCUT2D eigenvalue weighted by Crippen LogP contribution is 2.34. The molecule has 2 heterocycles. The number of fused-ring (bicyclic) bond motifs is 1. The van der Waals surface area contributed by atoms with Gasteiger partial charge in [0.25, 0.3) is 0 Å². The van der Waals surface area contributed by atoms with E-state index in [0.717, 1.165) is 16.8 Å². The van der Waals surface area contributed by atoms with Gasteiger partial charge >= 0.3 is 0 Å². The fourth-order valence-corrected chi connectivity index (χ4v) is 2.45. The number of anilines is 1. The molecule has 4 nitrogen and oxygen atoms in total. The molecule has 3 rings (SSSR count). The standard InChI is InChI=1S/C13H15NO3/c1-9-2-3-10-7-13(16-4-5-17-13)8-12(15)14-11(10)6-9/h2-3,6H,4-5,7-8H2,1H3,(H,14,15). The van der Waals surface area contributed by atoms with Gasteiger partial charge in [-0.2, -0.15) is 0 Å². The van der Waals surface area contributed by atoms with Crippen LogP contribution in [0.15, 0.2) is 18.2 Å². The van der Waals surface area contributed by atoms with E-state index in [0.29, 0.717) is 19.6 Å². The summed E-state index contributed by atoms with van der Waals surface area (Å²) in [5.41, 5.74) is 3.09. The number of hydrogen-bond donors (Lipinski definition) is 1. The Morgan fingerprint density at radius 1 is 1.24 bits per heavy atom. The minimum absolute atomic E-state index is 0.0451. The van der Waals surface area contributed by atoms with Gasteiger partial charge in [0.05, 0.1) is 19.6 Å². The molecular weight excluding hydrogens is 218 g/mol. The van der Waals surface area contributed by atoms with Gasteiger partial charge in [-0.05, 0) is 24.1 Å². The number of ether oxygens (including phenoxy) is 2. The van der Waals surface area contributed by atoms with Crippen molar-refractivity contribution in [2.24, 2.45) is 0 Å². The van der Waals surface area contributed by atoms with Gasteiger partial charge in [0.2, 0.25) is 5.91 Å². The zero-order valence-corrected chi connectivity index (χ0v) is 9.79. The van der Waals surface area contributed by atoms with E-state index in [1.54, 1.807) is 0 Å². The Bertz CT molecular complexity index is 464. The van der Waals surface area contributed by atoms with Crippen LogP contribution in [0.1, 0.15) is 17.5 Å². The maximum atomic E-state index is 11.8. The molecule has 1 N–H and O–H groups in total. The molecule has 90 valence electrons. The predicted molar refractivity (Wildman–Crippen MR) is 62.8 cm³/mol. The molecule has 0 saturated carbocycles. The molecule has 1 aromatic rings. The lowest BCUT2D eigenvalue weighted by molar-refractivity contribution is -0.165. The zero-order chi connectivity index (χ0) is 11.9. The molecule has 1 fully saturated rings. The molecule has 17 heavy (non-hydrogen) atoms. The number of amides is 1. The molecule has 1 spiro atoms. The average molecular weight is 233 g/mol. The Balaban J connectivity index is 2.01. The Labute approximate surface area is 99.9 Å². The van der Waals surface area contributed by atoms with Crippen LogP contribution in [0.5, 0.6) is 0 Å². The van der Waals surface area contributed by atoms with Crippen LogP contribution in [0.2, 0.25) is 0 Å². The summed E-state index contributed by atoms with van der Waals surface area (Å²) in [5, 5.41) is 2.92. The first-order chi connectivity index (χ1) is 8.17. The van der Waals surface area contributed by atoms with Gasteiger partial charge < -0.3 is 14.8 Å². The second-order valence-electron chi connectivity index (χ2n) is 4.67. The number of aryl methyl sites for hydroxylation is 1. The van der Waals surface area contributed by atoms with Crippen LogP contribution in [-0.2, 0) is 20.7 Å². The van der Waals surface area contributed by atoms with Crippen LogP contribution in [0.3, 0.4) is 0 Å². The first-order valence-corrected chi connectivity index (χ1v) is 5.84. The lowest BCUT2D eigenvalue weighted by Gasteiger charge is -2.24. The largest absolute Gasteiger partial charge is 0.347 e. The van der Waals surface area contributed by atoms with Gasteiger partial charge in [-0.1, -0.05) is 12.1 Å². The number of nitrogens with one attached hydrogen (secondary N) is 1. The number of carbonyl (C=O) groups excluding carboxylic acids is 1. The maximum absolute atomic E-state index is 11.8. The normalized spacial score (nSPS) is 22.1. The Morgan fingerprint density at radius 2 is 2.00 bits per heavy atom. The number of benzene rings is 1. The van der Waals surface area contributed by atoms with E-state index >= 15 is 0 Å². The summed E-state index contributed by atoms with van der Waals surface area (Å²) in [7, 11) is 0. The van der Waals surface area contributed by atoms with Gasteiger partial charge in [-0.15, -0.1) is 0 Å². The van der Waals surface area contributed by atoms with Crippen LogP contribution in [0.4, 0.5) is 5.69 Å². The quantitative estimate of drug-likeness (QED) is 0.740. The van der Waals surface area contributed by atoms with E-state index in [2.05, 4.69) is 5.32 Å². The smallest absolute Gasteiger partial charge is 0.229 e. The van der Waals surface area contributed by atoms with Crippen molar-refractivity contribution >= 4 is 11.6 Å². The molecule has 1 saturated heterocycles. The molecule has 2 aliphatic rings. The molecule has 0 atom stereocenters. The third-order valence-electron chi connectivity index (χ3n) is 3.24. The van der Waals surface area contributed by atoms with Crippen molar-refractivity contribution in [3.8, 4) is 0 Å². The second kappa shape index (κ2) is 3.82. The van der Waals surface area contributed by atoms with E-state index in [4.69, 9.17) is 9.47 Å². The summed E-state index contributed by atoms with van der Waals surface area (Å²) < 4.78 is 11.3.